The molecule has 1 heterocycles. The summed E-state index contributed by atoms with van der Waals surface area (Å²) < 4.78 is 4.94. The average Bonchev–Trinajstić information content (AvgIpc) is 2.08. The predicted molar refractivity (Wildman–Crippen MR) is 41.4 cm³/mol. The molecule has 0 aliphatic carbocycles. The molecule has 1 aliphatic rings. The lowest BCUT2D eigenvalue weighted by Gasteiger charge is -2.35. The van der Waals surface area contributed by atoms with Crippen LogP contribution in [0.3, 0.4) is 0 Å². The molecule has 0 radical (unpaired) electrons. The molecule has 4 N–H and O–H groups in total. The first-order chi connectivity index (χ1) is 5.69. The first-order valence-corrected chi connectivity index (χ1v) is 3.98. The quantitative estimate of drug-likeness (QED) is 0.393. The second-order valence-corrected chi connectivity index (χ2v) is 2.95. The van der Waals surface area contributed by atoms with Crippen molar-refractivity contribution in [3.63, 3.8) is 0 Å². The van der Waals surface area contributed by atoms with Gasteiger partial charge in [0.1, 0.15) is 6.10 Å². The van der Waals surface area contributed by atoms with Gasteiger partial charge in [-0.3, -0.25) is 0 Å². The van der Waals surface area contributed by atoms with Crippen LogP contribution < -0.4 is 5.32 Å². The van der Waals surface area contributed by atoms with E-state index in [-0.39, 0.29) is 12.6 Å². The largest absolute Gasteiger partial charge is 0.394 e. The summed E-state index contributed by atoms with van der Waals surface area (Å²) in [7, 11) is 1.68. The van der Waals surface area contributed by atoms with Gasteiger partial charge in [-0.05, 0) is 13.5 Å². The van der Waals surface area contributed by atoms with E-state index in [0.717, 1.165) is 0 Å². The smallest absolute Gasteiger partial charge is 0.170 e. The molecule has 4 atom stereocenters. The maximum absolute atomic E-state index is 9.35. The van der Waals surface area contributed by atoms with Crippen LogP contribution >= 0.6 is 0 Å². The number of rotatable bonds is 2. The second kappa shape index (κ2) is 4.15. The first kappa shape index (κ1) is 9.88. The second-order valence-electron chi connectivity index (χ2n) is 2.95. The summed E-state index contributed by atoms with van der Waals surface area (Å²) in [5, 5.41) is 30.2. The summed E-state index contributed by atoms with van der Waals surface area (Å²) >= 11 is 0. The normalized spacial score (nSPS) is 43.0. The van der Waals surface area contributed by atoms with Crippen LogP contribution in [0, 0.1) is 0 Å². The highest BCUT2D eigenvalue weighted by Crippen LogP contribution is 2.18. The van der Waals surface area contributed by atoms with Crippen molar-refractivity contribution in [3.8, 4) is 0 Å². The van der Waals surface area contributed by atoms with Gasteiger partial charge in [-0.2, -0.15) is 0 Å². The minimum atomic E-state index is -0.949. The molecule has 12 heavy (non-hydrogen) atoms. The molecule has 5 heteroatoms. The van der Waals surface area contributed by atoms with Crippen molar-refractivity contribution in [2.75, 3.05) is 13.7 Å². The SMILES string of the molecule is CNC1CC(O)C(CO)O[C@H]1O. The summed E-state index contributed by atoms with van der Waals surface area (Å²) in [6.07, 6.45) is -1.93. The fourth-order valence-electron chi connectivity index (χ4n) is 1.32. The van der Waals surface area contributed by atoms with Crippen LogP contribution in [0.4, 0.5) is 0 Å². The summed E-state index contributed by atoms with van der Waals surface area (Å²) in [5.41, 5.74) is 0. The Hall–Kier alpha value is -0.200. The third kappa shape index (κ3) is 1.94. The number of ether oxygens (including phenoxy) is 1. The van der Waals surface area contributed by atoms with E-state index in [1.54, 1.807) is 7.05 Å². The van der Waals surface area contributed by atoms with E-state index in [2.05, 4.69) is 5.32 Å². The number of aliphatic hydroxyl groups is 3. The van der Waals surface area contributed by atoms with Crippen molar-refractivity contribution >= 4 is 0 Å². The van der Waals surface area contributed by atoms with Crippen molar-refractivity contribution < 1.29 is 20.1 Å². The van der Waals surface area contributed by atoms with E-state index < -0.39 is 18.5 Å². The summed E-state index contributed by atoms with van der Waals surface area (Å²) in [6.45, 7) is -0.269. The van der Waals surface area contributed by atoms with E-state index in [9.17, 15) is 10.2 Å². The zero-order valence-electron chi connectivity index (χ0n) is 6.97. The maximum atomic E-state index is 9.35. The molecule has 5 nitrogen and oxygen atoms in total. The Morgan fingerprint density at radius 2 is 2.17 bits per heavy atom. The van der Waals surface area contributed by atoms with Crippen molar-refractivity contribution in [1.29, 1.82) is 0 Å². The van der Waals surface area contributed by atoms with Gasteiger partial charge in [-0.15, -0.1) is 0 Å². The molecule has 1 aliphatic heterocycles. The summed E-state index contributed by atoms with van der Waals surface area (Å²) in [4.78, 5) is 0. The Bertz CT molecular complexity index is 127. The standard InChI is InChI=1S/C7H15NO4/c1-8-4-2-5(10)6(3-9)12-7(4)11/h4-11H,2-3H2,1H3/t4?,5?,6?,7-/m1/s1. The van der Waals surface area contributed by atoms with Crippen molar-refractivity contribution in [2.24, 2.45) is 0 Å². The van der Waals surface area contributed by atoms with E-state index in [1.165, 1.54) is 0 Å². The summed E-state index contributed by atoms with van der Waals surface area (Å²) in [6, 6.07) is -0.261. The minimum Gasteiger partial charge on any atom is -0.394 e. The van der Waals surface area contributed by atoms with Gasteiger partial charge < -0.3 is 25.4 Å². The Morgan fingerprint density at radius 1 is 1.50 bits per heavy atom. The lowest BCUT2D eigenvalue weighted by atomic mass is 10.0. The van der Waals surface area contributed by atoms with Crippen LogP contribution in [0.25, 0.3) is 0 Å². The lowest BCUT2D eigenvalue weighted by Crippen LogP contribution is -2.53. The Morgan fingerprint density at radius 3 is 2.67 bits per heavy atom. The average molecular weight is 177 g/mol. The molecule has 0 amide bonds. The molecule has 1 fully saturated rings. The minimum absolute atomic E-state index is 0.261. The topological polar surface area (TPSA) is 82.0 Å². The number of nitrogens with one attached hydrogen (secondary N) is 1. The van der Waals surface area contributed by atoms with Crippen molar-refractivity contribution in [3.05, 3.63) is 0 Å². The lowest BCUT2D eigenvalue weighted by molar-refractivity contribution is -0.220. The van der Waals surface area contributed by atoms with Gasteiger partial charge in [0.05, 0.1) is 18.8 Å². The van der Waals surface area contributed by atoms with E-state index in [4.69, 9.17) is 9.84 Å². The monoisotopic (exact) mass is 177 g/mol. The number of likely N-dealkylation sites (N-methyl/N-ethyl adjacent to an activating group) is 1. The van der Waals surface area contributed by atoms with Crippen molar-refractivity contribution in [2.45, 2.75) is 31.0 Å². The van der Waals surface area contributed by atoms with Crippen LogP contribution in [0.1, 0.15) is 6.42 Å². The third-order valence-corrected chi connectivity index (χ3v) is 2.13. The maximum Gasteiger partial charge on any atom is 0.170 e. The highest BCUT2D eigenvalue weighted by molar-refractivity contribution is 4.83. The highest BCUT2D eigenvalue weighted by Gasteiger charge is 2.34. The molecule has 0 saturated carbocycles. The van der Waals surface area contributed by atoms with Gasteiger partial charge in [-0.25, -0.2) is 0 Å². The molecule has 72 valence electrons. The van der Waals surface area contributed by atoms with E-state index >= 15 is 0 Å². The summed E-state index contributed by atoms with van der Waals surface area (Å²) in [5.74, 6) is 0. The van der Waals surface area contributed by atoms with Gasteiger partial charge in [0.2, 0.25) is 0 Å². The van der Waals surface area contributed by atoms with Gasteiger partial charge in [0, 0.05) is 0 Å². The number of hydrogen-bond donors (Lipinski definition) is 4. The van der Waals surface area contributed by atoms with Crippen LogP contribution in [-0.4, -0.2) is 53.5 Å². The fourth-order valence-corrected chi connectivity index (χ4v) is 1.32. The third-order valence-electron chi connectivity index (χ3n) is 2.13. The predicted octanol–water partition coefficient (Wildman–Crippen LogP) is -1.97. The Kier molecular flexibility index (Phi) is 3.42. The van der Waals surface area contributed by atoms with Gasteiger partial charge in [0.25, 0.3) is 0 Å². The first-order valence-electron chi connectivity index (χ1n) is 3.98. The zero-order valence-corrected chi connectivity index (χ0v) is 6.97. The highest BCUT2D eigenvalue weighted by atomic mass is 16.6. The van der Waals surface area contributed by atoms with Gasteiger partial charge in [0.15, 0.2) is 6.29 Å². The Labute approximate surface area is 71.0 Å². The number of aliphatic hydroxyl groups excluding tert-OH is 3. The van der Waals surface area contributed by atoms with Gasteiger partial charge >= 0.3 is 0 Å². The molecule has 0 bridgehead atoms. The number of hydrogen-bond acceptors (Lipinski definition) is 5. The van der Waals surface area contributed by atoms with E-state index in [0.29, 0.717) is 6.42 Å². The van der Waals surface area contributed by atoms with Crippen molar-refractivity contribution in [1.82, 2.24) is 5.32 Å². The van der Waals surface area contributed by atoms with E-state index in [1.807, 2.05) is 0 Å². The van der Waals surface area contributed by atoms with Crippen LogP contribution in [-0.2, 0) is 4.74 Å². The molecule has 0 aromatic heterocycles. The van der Waals surface area contributed by atoms with Gasteiger partial charge in [-0.1, -0.05) is 0 Å². The molecule has 1 rings (SSSR count). The molecule has 3 unspecified atom stereocenters. The van der Waals surface area contributed by atoms with Crippen LogP contribution in [0.15, 0.2) is 0 Å². The molecule has 0 aromatic rings. The van der Waals surface area contributed by atoms with Crippen LogP contribution in [0.5, 0.6) is 0 Å². The molecule has 0 spiro atoms. The molecular formula is C7H15NO4. The Balaban J connectivity index is 2.49. The fraction of sp³-hybridized carbons (Fsp3) is 1.00. The zero-order chi connectivity index (χ0) is 9.14. The van der Waals surface area contributed by atoms with Crippen LogP contribution in [0.2, 0.25) is 0 Å². The molecular weight excluding hydrogens is 162 g/mol. The molecule has 0 aromatic carbocycles. The molecule has 1 saturated heterocycles.